The van der Waals surface area contributed by atoms with Crippen LogP contribution in [0, 0.1) is 6.92 Å². The van der Waals surface area contributed by atoms with Crippen LogP contribution >= 0.6 is 0 Å². The van der Waals surface area contributed by atoms with Gasteiger partial charge in [-0.15, -0.1) is 0 Å². The smallest absolute Gasteiger partial charge is 0.134 e. The van der Waals surface area contributed by atoms with Crippen LogP contribution in [0.25, 0.3) is 0 Å². The highest BCUT2D eigenvalue weighted by molar-refractivity contribution is 5.53. The summed E-state index contributed by atoms with van der Waals surface area (Å²) in [5.41, 5.74) is 6.46. The zero-order valence-corrected chi connectivity index (χ0v) is 9.60. The molecule has 0 aromatic carbocycles. The van der Waals surface area contributed by atoms with E-state index in [0.29, 0.717) is 31.2 Å². The minimum atomic E-state index is -0.461. The van der Waals surface area contributed by atoms with E-state index in [9.17, 15) is 5.11 Å². The first-order valence-electron chi connectivity index (χ1n) is 5.13. The SMILES string of the molecule is COCC(O)CCNc1ncnc(N)c1C. The second-order valence-corrected chi connectivity index (χ2v) is 3.56. The number of aliphatic hydroxyl groups is 1. The van der Waals surface area contributed by atoms with Crippen LogP contribution in [-0.2, 0) is 4.74 Å². The molecule has 16 heavy (non-hydrogen) atoms. The standard InChI is InChI=1S/C10H18N4O2/c1-7-9(11)13-6-14-10(7)12-4-3-8(15)5-16-2/h6,8,15H,3-5H2,1-2H3,(H3,11,12,13,14). The highest BCUT2D eigenvalue weighted by Gasteiger charge is 2.05. The molecule has 1 aromatic heterocycles. The summed E-state index contributed by atoms with van der Waals surface area (Å²) in [4.78, 5) is 7.94. The van der Waals surface area contributed by atoms with Crippen LogP contribution in [0.4, 0.5) is 11.6 Å². The molecule has 90 valence electrons. The third-order valence-electron chi connectivity index (χ3n) is 2.25. The normalized spacial score (nSPS) is 12.4. The quantitative estimate of drug-likeness (QED) is 0.640. The maximum absolute atomic E-state index is 9.43. The van der Waals surface area contributed by atoms with Gasteiger partial charge in [0.25, 0.3) is 0 Å². The summed E-state index contributed by atoms with van der Waals surface area (Å²) in [6.07, 6.45) is 1.55. The predicted molar refractivity (Wildman–Crippen MR) is 62.2 cm³/mol. The maximum Gasteiger partial charge on any atom is 0.134 e. The second kappa shape index (κ2) is 6.24. The third kappa shape index (κ3) is 3.63. The van der Waals surface area contributed by atoms with Gasteiger partial charge >= 0.3 is 0 Å². The van der Waals surface area contributed by atoms with Gasteiger partial charge in [0.05, 0.1) is 12.7 Å². The average Bonchev–Trinajstić information content (AvgIpc) is 2.25. The average molecular weight is 226 g/mol. The molecular formula is C10H18N4O2. The van der Waals surface area contributed by atoms with Gasteiger partial charge in [0.2, 0.25) is 0 Å². The number of aromatic nitrogens is 2. The van der Waals surface area contributed by atoms with Crippen molar-refractivity contribution >= 4 is 11.6 Å². The molecule has 0 radical (unpaired) electrons. The number of nitrogens with two attached hydrogens (primary N) is 1. The molecule has 1 heterocycles. The fourth-order valence-electron chi connectivity index (χ4n) is 1.27. The number of methoxy groups -OCH3 is 1. The topological polar surface area (TPSA) is 93.3 Å². The van der Waals surface area contributed by atoms with E-state index in [2.05, 4.69) is 15.3 Å². The zero-order chi connectivity index (χ0) is 12.0. The van der Waals surface area contributed by atoms with Crippen molar-refractivity contribution in [2.75, 3.05) is 31.3 Å². The van der Waals surface area contributed by atoms with Gasteiger partial charge in [0.15, 0.2) is 0 Å². The first-order chi connectivity index (χ1) is 7.65. The summed E-state index contributed by atoms with van der Waals surface area (Å²) < 4.78 is 4.83. The lowest BCUT2D eigenvalue weighted by Gasteiger charge is -2.12. The maximum atomic E-state index is 9.43. The van der Waals surface area contributed by atoms with Gasteiger partial charge in [-0.2, -0.15) is 0 Å². The number of anilines is 2. The molecule has 0 fully saturated rings. The Balaban J connectivity index is 2.40. The first kappa shape index (κ1) is 12.7. The van der Waals surface area contributed by atoms with Gasteiger partial charge in [-0.3, -0.25) is 0 Å². The fraction of sp³-hybridized carbons (Fsp3) is 0.600. The van der Waals surface area contributed by atoms with Crippen LogP contribution in [-0.4, -0.2) is 41.4 Å². The highest BCUT2D eigenvalue weighted by Crippen LogP contribution is 2.14. The number of nitrogens with one attached hydrogen (secondary N) is 1. The van der Waals surface area contributed by atoms with E-state index in [1.807, 2.05) is 6.92 Å². The summed E-state index contributed by atoms with van der Waals surface area (Å²) in [5.74, 6) is 1.17. The Bertz CT molecular complexity index is 333. The number of nitrogen functional groups attached to an aromatic ring is 1. The Hall–Kier alpha value is -1.40. The van der Waals surface area contributed by atoms with E-state index in [4.69, 9.17) is 10.5 Å². The van der Waals surface area contributed by atoms with E-state index in [0.717, 1.165) is 5.56 Å². The third-order valence-corrected chi connectivity index (χ3v) is 2.25. The Labute approximate surface area is 94.9 Å². The molecule has 1 rings (SSSR count). The molecule has 0 saturated heterocycles. The number of hydrogen-bond acceptors (Lipinski definition) is 6. The summed E-state index contributed by atoms with van der Waals surface area (Å²) in [5, 5.41) is 12.5. The number of nitrogens with zero attached hydrogens (tertiary/aromatic N) is 2. The van der Waals surface area contributed by atoms with E-state index < -0.39 is 6.10 Å². The molecule has 0 saturated carbocycles. The van der Waals surface area contributed by atoms with Crippen LogP contribution in [0.2, 0.25) is 0 Å². The number of aliphatic hydroxyl groups excluding tert-OH is 1. The van der Waals surface area contributed by atoms with E-state index in [1.165, 1.54) is 6.33 Å². The lowest BCUT2D eigenvalue weighted by Crippen LogP contribution is -2.19. The molecule has 1 unspecified atom stereocenters. The van der Waals surface area contributed by atoms with Gasteiger partial charge < -0.3 is 20.9 Å². The van der Waals surface area contributed by atoms with Crippen molar-refractivity contribution in [3.63, 3.8) is 0 Å². The molecule has 6 nitrogen and oxygen atoms in total. The zero-order valence-electron chi connectivity index (χ0n) is 9.60. The minimum Gasteiger partial charge on any atom is -0.391 e. The molecule has 0 aliphatic carbocycles. The van der Waals surface area contributed by atoms with Crippen molar-refractivity contribution in [2.24, 2.45) is 0 Å². The Kier molecular flexibility index (Phi) is 4.94. The fourth-order valence-corrected chi connectivity index (χ4v) is 1.27. The van der Waals surface area contributed by atoms with Gasteiger partial charge in [0.1, 0.15) is 18.0 Å². The van der Waals surface area contributed by atoms with E-state index in [-0.39, 0.29) is 0 Å². The second-order valence-electron chi connectivity index (χ2n) is 3.56. The van der Waals surface area contributed by atoms with E-state index in [1.54, 1.807) is 7.11 Å². The molecule has 0 aliphatic heterocycles. The molecule has 0 bridgehead atoms. The summed E-state index contributed by atoms with van der Waals surface area (Å²) in [7, 11) is 1.56. The molecule has 0 amide bonds. The number of ether oxygens (including phenoxy) is 1. The van der Waals surface area contributed by atoms with Crippen molar-refractivity contribution < 1.29 is 9.84 Å². The largest absolute Gasteiger partial charge is 0.391 e. The molecule has 1 atom stereocenters. The lowest BCUT2D eigenvalue weighted by molar-refractivity contribution is 0.0615. The molecule has 6 heteroatoms. The number of hydrogen-bond donors (Lipinski definition) is 3. The van der Waals surface area contributed by atoms with Crippen LogP contribution in [0.5, 0.6) is 0 Å². The van der Waals surface area contributed by atoms with Crippen LogP contribution in [0.15, 0.2) is 6.33 Å². The van der Waals surface area contributed by atoms with Crippen molar-refractivity contribution in [1.82, 2.24) is 9.97 Å². The van der Waals surface area contributed by atoms with Crippen molar-refractivity contribution in [2.45, 2.75) is 19.4 Å². The van der Waals surface area contributed by atoms with Crippen LogP contribution in [0.3, 0.4) is 0 Å². The minimum absolute atomic E-state index is 0.340. The summed E-state index contributed by atoms with van der Waals surface area (Å²) >= 11 is 0. The van der Waals surface area contributed by atoms with Crippen molar-refractivity contribution in [1.29, 1.82) is 0 Å². The van der Waals surface area contributed by atoms with Gasteiger partial charge in [0, 0.05) is 19.2 Å². The van der Waals surface area contributed by atoms with Crippen molar-refractivity contribution in [3.8, 4) is 0 Å². The molecule has 1 aromatic rings. The Morgan fingerprint density at radius 3 is 3.00 bits per heavy atom. The van der Waals surface area contributed by atoms with Gasteiger partial charge in [-0.1, -0.05) is 0 Å². The lowest BCUT2D eigenvalue weighted by atomic mass is 10.2. The van der Waals surface area contributed by atoms with Crippen molar-refractivity contribution in [3.05, 3.63) is 11.9 Å². The van der Waals surface area contributed by atoms with E-state index >= 15 is 0 Å². The highest BCUT2D eigenvalue weighted by atomic mass is 16.5. The monoisotopic (exact) mass is 226 g/mol. The first-order valence-corrected chi connectivity index (χ1v) is 5.13. The summed E-state index contributed by atoms with van der Waals surface area (Å²) in [6, 6.07) is 0. The molecule has 0 aliphatic rings. The van der Waals surface area contributed by atoms with Crippen LogP contribution < -0.4 is 11.1 Å². The Morgan fingerprint density at radius 2 is 2.31 bits per heavy atom. The number of rotatable bonds is 6. The Morgan fingerprint density at radius 1 is 1.56 bits per heavy atom. The molecular weight excluding hydrogens is 208 g/mol. The predicted octanol–water partition coefficient (Wildman–Crippen LogP) is 0.177. The molecule has 4 N–H and O–H groups in total. The molecule has 0 spiro atoms. The van der Waals surface area contributed by atoms with Gasteiger partial charge in [-0.05, 0) is 13.3 Å². The van der Waals surface area contributed by atoms with Crippen LogP contribution in [0.1, 0.15) is 12.0 Å². The summed E-state index contributed by atoms with van der Waals surface area (Å²) in [6.45, 7) is 2.80. The van der Waals surface area contributed by atoms with Gasteiger partial charge in [-0.25, -0.2) is 9.97 Å².